The van der Waals surface area contributed by atoms with Gasteiger partial charge in [-0.1, -0.05) is 106 Å². The van der Waals surface area contributed by atoms with Crippen molar-refractivity contribution in [3.8, 4) is 34.0 Å². The van der Waals surface area contributed by atoms with E-state index in [1.54, 1.807) is 35.0 Å². The van der Waals surface area contributed by atoms with Crippen molar-refractivity contribution in [3.63, 3.8) is 0 Å². The maximum absolute atomic E-state index is 13.1. The van der Waals surface area contributed by atoms with Crippen LogP contribution in [-0.4, -0.2) is 97.3 Å². The van der Waals surface area contributed by atoms with Crippen LogP contribution < -0.4 is 15.0 Å². The van der Waals surface area contributed by atoms with Crippen LogP contribution in [0.4, 0.5) is 4.79 Å². The van der Waals surface area contributed by atoms with Gasteiger partial charge >= 0.3 is 6.09 Å². The van der Waals surface area contributed by atoms with Crippen molar-refractivity contribution >= 4 is 69.0 Å². The van der Waals surface area contributed by atoms with Crippen molar-refractivity contribution in [2.45, 2.75) is 175 Å². The molecule has 0 atom stereocenters. The van der Waals surface area contributed by atoms with Gasteiger partial charge in [-0.15, -0.1) is 22.7 Å². The molecule has 8 rings (SSSR count). The lowest BCUT2D eigenvalue weighted by molar-refractivity contribution is -0.132. The summed E-state index contributed by atoms with van der Waals surface area (Å²) in [7, 11) is 3.48. The van der Waals surface area contributed by atoms with E-state index < -0.39 is 5.60 Å². The number of likely N-dealkylation sites (tertiary alicyclic amines) is 2. The number of nitrogens with one attached hydrogen (secondary N) is 1. The molecular weight excluding hydrogens is 1040 g/mol. The standard InChI is InChI=1S/C30H37ClN6O3S.C28H41ClN2O3S/c1-29(2,3)19-12-18(13-20(24(19)40-7)30(4,5)6)22-25(31)41-28(35-22)17-8-10-36(11-9-17)21(38)14-37-16-34-26-23(37)27(39)33-15-32-26;1-26(2,3)19-15-18(16-20(22(19)33-10)27(4,5)6)21-23(29)35-24(30-21)17-11-13-31(14-12-17)25(32)34-28(7,8)9/h12-13,15-17H,8-11,14H2,1-7H3,(H,32,33,39);15-17H,11-14H2,1-10H3. The Morgan fingerprint density at radius 1 is 0.632 bits per heavy atom. The molecule has 2 amide bonds. The number of hydrogen-bond donors (Lipinski definition) is 1. The number of amides is 2. The molecule has 2 aromatic carbocycles. The number of methoxy groups -OCH3 is 2. The minimum absolute atomic E-state index is 0.0485. The van der Waals surface area contributed by atoms with Crippen molar-refractivity contribution in [2.24, 2.45) is 0 Å². The number of carbonyl (C=O) groups is 2. The van der Waals surface area contributed by atoms with Gasteiger partial charge in [-0.05, 0) is 92.4 Å². The molecule has 2 fully saturated rings. The Hall–Kier alpha value is -5.03. The molecule has 6 aromatic rings. The number of hydrogen-bond acceptors (Lipinski definition) is 12. The van der Waals surface area contributed by atoms with E-state index in [0.29, 0.717) is 46.0 Å². The Kier molecular flexibility index (Phi) is 17.3. The third-order valence-corrected chi connectivity index (χ3v) is 16.8. The van der Waals surface area contributed by atoms with E-state index in [2.05, 4.69) is 122 Å². The molecule has 1 N–H and O–H groups in total. The number of nitrogens with zero attached hydrogens (tertiary/aromatic N) is 7. The first-order valence-corrected chi connectivity index (χ1v) is 28.6. The van der Waals surface area contributed by atoms with Gasteiger partial charge in [0.05, 0.1) is 36.9 Å². The number of aromatic nitrogens is 6. The third kappa shape index (κ3) is 13.3. The Bertz CT molecular complexity index is 3060. The number of imidazole rings is 1. The van der Waals surface area contributed by atoms with Gasteiger partial charge in [0.1, 0.15) is 43.7 Å². The van der Waals surface area contributed by atoms with Crippen molar-refractivity contribution < 1.29 is 23.8 Å². The molecule has 0 saturated carbocycles. The van der Waals surface area contributed by atoms with Gasteiger partial charge in [0.25, 0.3) is 5.56 Å². The zero-order valence-corrected chi connectivity index (χ0v) is 50.8. The van der Waals surface area contributed by atoms with Gasteiger partial charge in [-0.2, -0.15) is 0 Å². The first-order valence-electron chi connectivity index (χ1n) is 26.2. The summed E-state index contributed by atoms with van der Waals surface area (Å²) in [5.41, 5.74) is 7.62. The van der Waals surface area contributed by atoms with Crippen LogP contribution in [0.1, 0.15) is 174 Å². The number of piperidine rings is 2. The monoisotopic (exact) mass is 1120 g/mol. The topological polar surface area (TPSA) is 158 Å². The van der Waals surface area contributed by atoms with E-state index in [0.717, 1.165) is 92.0 Å². The SMILES string of the molecule is COc1c(C(C)(C)C)cc(-c2nc(C3CCN(C(=O)Cn4cnc5nc[nH]c(=O)c54)CC3)sc2Cl)cc1C(C)(C)C.COc1c(C(C)(C)C)cc(-c2nc(C3CCN(C(=O)OC(C)(C)C)CC3)sc2Cl)cc1C(C)(C)C. The number of H-pyrrole nitrogens is 1. The van der Waals surface area contributed by atoms with Gasteiger partial charge in [0, 0.05) is 71.4 Å². The van der Waals surface area contributed by atoms with Gasteiger partial charge in [0.2, 0.25) is 5.91 Å². The molecule has 0 unspecified atom stereocenters. The highest BCUT2D eigenvalue weighted by Crippen LogP contribution is 2.48. The van der Waals surface area contributed by atoms with Crippen LogP contribution in [0.25, 0.3) is 33.7 Å². The molecule has 0 bridgehead atoms. The fourth-order valence-electron chi connectivity index (χ4n) is 9.83. The van der Waals surface area contributed by atoms with Crippen LogP contribution in [0.2, 0.25) is 8.67 Å². The number of rotatable bonds is 8. The lowest BCUT2D eigenvalue weighted by Crippen LogP contribution is -2.41. The third-order valence-electron chi connectivity index (χ3n) is 14.0. The van der Waals surface area contributed by atoms with Gasteiger partial charge < -0.3 is 33.6 Å². The number of carbonyl (C=O) groups excluding carboxylic acids is 2. The normalized spacial score (nSPS) is 15.5. The number of ether oxygens (including phenoxy) is 3. The summed E-state index contributed by atoms with van der Waals surface area (Å²) in [4.78, 5) is 62.2. The minimum atomic E-state index is -0.484. The van der Waals surface area contributed by atoms with E-state index in [4.69, 9.17) is 47.4 Å². The second-order valence-electron chi connectivity index (χ2n) is 25.2. The molecule has 18 heteroatoms. The molecule has 0 radical (unpaired) electrons. The fraction of sp³-hybridized carbons (Fsp3) is 0.569. The second kappa shape index (κ2) is 22.4. The highest BCUT2D eigenvalue weighted by molar-refractivity contribution is 7.16. The molecule has 2 saturated heterocycles. The van der Waals surface area contributed by atoms with E-state index in [-0.39, 0.29) is 57.6 Å². The van der Waals surface area contributed by atoms with Crippen LogP contribution in [0.15, 0.2) is 41.7 Å². The van der Waals surface area contributed by atoms with Crippen molar-refractivity contribution in [1.29, 1.82) is 0 Å². The summed E-state index contributed by atoms with van der Waals surface area (Å²) in [6.45, 7) is 34.6. The summed E-state index contributed by atoms with van der Waals surface area (Å²) >= 11 is 16.7. The lowest BCUT2D eigenvalue weighted by Gasteiger charge is -2.32. The minimum Gasteiger partial charge on any atom is -0.496 e. The number of aromatic amines is 1. The highest BCUT2D eigenvalue weighted by atomic mass is 35.5. The van der Waals surface area contributed by atoms with Crippen LogP contribution >= 0.6 is 45.9 Å². The first kappa shape index (κ1) is 58.6. The van der Waals surface area contributed by atoms with Gasteiger partial charge in [-0.25, -0.2) is 24.7 Å². The van der Waals surface area contributed by atoms with Crippen LogP contribution in [0, 0.1) is 0 Å². The Morgan fingerprint density at radius 3 is 1.39 bits per heavy atom. The summed E-state index contributed by atoms with van der Waals surface area (Å²) in [5, 5.41) is 2.04. The predicted molar refractivity (Wildman–Crippen MR) is 310 cm³/mol. The van der Waals surface area contributed by atoms with Crippen molar-refractivity contribution in [1.82, 2.24) is 39.3 Å². The molecule has 412 valence electrons. The number of thiazole rings is 2. The summed E-state index contributed by atoms with van der Waals surface area (Å²) in [6, 6.07) is 8.70. The quantitative estimate of drug-likeness (QED) is 0.156. The molecule has 2 aliphatic rings. The number of benzene rings is 2. The molecule has 6 heterocycles. The fourth-order valence-corrected chi connectivity index (χ4v) is 12.6. The largest absolute Gasteiger partial charge is 0.496 e. The molecule has 4 aromatic heterocycles. The van der Waals surface area contributed by atoms with Crippen LogP contribution in [0.3, 0.4) is 0 Å². The smallest absolute Gasteiger partial charge is 0.410 e. The van der Waals surface area contributed by atoms with Crippen molar-refractivity contribution in [2.75, 3.05) is 40.4 Å². The zero-order valence-electron chi connectivity index (χ0n) is 47.6. The zero-order chi connectivity index (χ0) is 56.0. The molecule has 2 aliphatic heterocycles. The molecule has 0 aliphatic carbocycles. The molecule has 76 heavy (non-hydrogen) atoms. The Labute approximate surface area is 467 Å². The van der Waals surface area contributed by atoms with Crippen molar-refractivity contribution in [3.05, 3.63) is 88.2 Å². The first-order chi connectivity index (χ1) is 35.3. The predicted octanol–water partition coefficient (Wildman–Crippen LogP) is 14.1. The number of halogens is 2. The average molecular weight is 1120 g/mol. The summed E-state index contributed by atoms with van der Waals surface area (Å²) in [5.74, 6) is 2.31. The van der Waals surface area contributed by atoms with E-state index in [1.807, 2.05) is 25.7 Å². The average Bonchev–Trinajstić information content (AvgIpc) is 4.06. The highest BCUT2D eigenvalue weighted by Gasteiger charge is 2.34. The maximum Gasteiger partial charge on any atom is 0.410 e. The maximum atomic E-state index is 13.1. The van der Waals surface area contributed by atoms with Gasteiger partial charge in [-0.3, -0.25) is 9.59 Å². The Balaban J connectivity index is 0.000000224. The summed E-state index contributed by atoms with van der Waals surface area (Å²) < 4.78 is 20.3. The number of fused-ring (bicyclic) bond motifs is 1. The van der Waals surface area contributed by atoms with E-state index in [9.17, 15) is 14.4 Å². The summed E-state index contributed by atoms with van der Waals surface area (Å²) in [6.07, 6.45) is 5.86. The molecular formula is C58H78Cl2N8O6S2. The Morgan fingerprint density at radius 2 is 1.03 bits per heavy atom. The van der Waals surface area contributed by atoms with Crippen LogP contribution in [-0.2, 0) is 37.7 Å². The molecule has 14 nitrogen and oxygen atoms in total. The van der Waals surface area contributed by atoms with E-state index in [1.165, 1.54) is 24.0 Å². The lowest BCUT2D eigenvalue weighted by atomic mass is 9.78. The van der Waals surface area contributed by atoms with Crippen LogP contribution in [0.5, 0.6) is 11.5 Å². The van der Waals surface area contributed by atoms with Gasteiger partial charge in [0.15, 0.2) is 11.2 Å². The van der Waals surface area contributed by atoms with E-state index >= 15 is 0 Å². The molecule has 0 spiro atoms. The second-order valence-corrected chi connectivity index (χ2v) is 28.5.